The van der Waals surface area contributed by atoms with E-state index < -0.39 is 16.1 Å². The third kappa shape index (κ3) is 10.6. The Bertz CT molecular complexity index is 1600. The average Bonchev–Trinajstić information content (AvgIpc) is 3.09. The molecule has 1 heterocycles. The van der Waals surface area contributed by atoms with Gasteiger partial charge in [0.1, 0.15) is 17.2 Å². The number of anilines is 1. The van der Waals surface area contributed by atoms with Crippen LogP contribution < -0.4 is 18.9 Å². The lowest BCUT2D eigenvalue weighted by atomic mass is 10.0. The maximum Gasteiger partial charge on any atom is 0.261 e. The van der Waals surface area contributed by atoms with Crippen molar-refractivity contribution in [3.8, 4) is 17.2 Å². The van der Waals surface area contributed by atoms with Crippen LogP contribution in [0.3, 0.4) is 0 Å². The van der Waals surface area contributed by atoms with Gasteiger partial charge in [-0.25, -0.2) is 8.42 Å². The summed E-state index contributed by atoms with van der Waals surface area (Å²) in [6, 6.07) is 18.2. The SMILES string of the molecule is COc1ccc(CN(C)C[C@H]2OCCCC[C@H](C)Oc3ccc(NS(=O)(=O)c4ccc(OC)cc4)cc3C(=O)N([C@@H](C)CO)C[C@H]2C)cc1. The maximum absolute atomic E-state index is 14.4. The van der Waals surface area contributed by atoms with Crippen molar-refractivity contribution >= 4 is 21.6 Å². The Morgan fingerprint density at radius 1 is 1.00 bits per heavy atom. The molecular weight excluding hydrogens is 646 g/mol. The first-order chi connectivity index (χ1) is 23.4. The van der Waals surface area contributed by atoms with Crippen molar-refractivity contribution in [2.45, 2.75) is 69.7 Å². The van der Waals surface area contributed by atoms with Crippen LogP contribution in [0.5, 0.6) is 17.2 Å². The second-order valence-corrected chi connectivity index (χ2v) is 14.5. The molecule has 4 atom stereocenters. The lowest BCUT2D eigenvalue weighted by Crippen LogP contribution is -2.47. The van der Waals surface area contributed by atoms with Crippen molar-refractivity contribution in [1.82, 2.24) is 9.80 Å². The number of fused-ring (bicyclic) bond motifs is 1. The predicted octanol–water partition coefficient (Wildman–Crippen LogP) is 5.43. The molecule has 0 unspecified atom stereocenters. The number of likely N-dealkylation sites (N-methyl/N-ethyl adjacent to an activating group) is 1. The molecule has 11 nitrogen and oxygen atoms in total. The predicted molar refractivity (Wildman–Crippen MR) is 190 cm³/mol. The van der Waals surface area contributed by atoms with E-state index in [0.717, 1.165) is 30.6 Å². The molecule has 0 bridgehead atoms. The van der Waals surface area contributed by atoms with Gasteiger partial charge >= 0.3 is 0 Å². The molecule has 3 aromatic carbocycles. The van der Waals surface area contributed by atoms with Crippen LogP contribution in [0.15, 0.2) is 71.6 Å². The zero-order valence-electron chi connectivity index (χ0n) is 29.4. The fraction of sp³-hybridized carbons (Fsp3) is 0.486. The van der Waals surface area contributed by atoms with E-state index >= 15 is 0 Å². The quantitative estimate of drug-likeness (QED) is 0.270. The first-order valence-corrected chi connectivity index (χ1v) is 18.2. The van der Waals surface area contributed by atoms with Gasteiger partial charge in [-0.2, -0.15) is 0 Å². The third-order valence-electron chi connectivity index (χ3n) is 8.78. The summed E-state index contributed by atoms with van der Waals surface area (Å²) in [5, 5.41) is 10.3. The largest absolute Gasteiger partial charge is 0.497 e. The number of hydrogen-bond acceptors (Lipinski definition) is 9. The number of nitrogens with one attached hydrogen (secondary N) is 1. The smallest absolute Gasteiger partial charge is 0.261 e. The molecule has 0 aromatic heterocycles. The fourth-order valence-corrected chi connectivity index (χ4v) is 6.88. The number of methoxy groups -OCH3 is 2. The molecule has 49 heavy (non-hydrogen) atoms. The topological polar surface area (TPSA) is 127 Å². The molecular formula is C37H51N3O8S. The summed E-state index contributed by atoms with van der Waals surface area (Å²) < 4.78 is 52.4. The van der Waals surface area contributed by atoms with Crippen LogP contribution in [0.1, 0.15) is 56.0 Å². The van der Waals surface area contributed by atoms with Gasteiger partial charge in [0, 0.05) is 37.8 Å². The number of hydrogen-bond donors (Lipinski definition) is 2. The molecule has 4 rings (SSSR count). The summed E-state index contributed by atoms with van der Waals surface area (Å²) in [5.74, 6) is 1.23. The number of carbonyl (C=O) groups excluding carboxylic acids is 1. The van der Waals surface area contributed by atoms with Gasteiger partial charge in [-0.05, 0) is 100 Å². The standard InChI is InChI=1S/C37H51N3O8S/c1-26-22-40(27(2)25-41)37(42)34-21-30(38-49(43,44)33-17-15-32(46-6)16-18-33)12-19-35(34)48-28(3)9-7-8-20-47-36(26)24-39(4)23-29-10-13-31(45-5)14-11-29/h10-19,21,26-28,36,38,41H,7-9,20,22-25H2,1-6H3/t26-,27+,28+,36-/m1/s1. The van der Waals surface area contributed by atoms with E-state index in [1.165, 1.54) is 25.3 Å². The Labute approximate surface area is 291 Å². The number of aliphatic hydroxyl groups is 1. The highest BCUT2D eigenvalue weighted by Gasteiger charge is 2.31. The number of carbonyl (C=O) groups is 1. The highest BCUT2D eigenvalue weighted by atomic mass is 32.2. The fourth-order valence-electron chi connectivity index (χ4n) is 5.83. The lowest BCUT2D eigenvalue weighted by molar-refractivity contribution is -0.0177. The zero-order chi connectivity index (χ0) is 35.6. The van der Waals surface area contributed by atoms with E-state index in [0.29, 0.717) is 37.7 Å². The number of amides is 1. The summed E-state index contributed by atoms with van der Waals surface area (Å²) in [6.45, 7) is 7.78. The monoisotopic (exact) mass is 697 g/mol. The first kappa shape index (κ1) is 38.0. The van der Waals surface area contributed by atoms with Crippen molar-refractivity contribution in [3.63, 3.8) is 0 Å². The van der Waals surface area contributed by atoms with Crippen LogP contribution in [0.2, 0.25) is 0 Å². The van der Waals surface area contributed by atoms with Gasteiger partial charge in [0.05, 0.1) is 49.5 Å². The van der Waals surface area contributed by atoms with E-state index in [2.05, 4.69) is 23.6 Å². The van der Waals surface area contributed by atoms with E-state index in [1.54, 1.807) is 43.2 Å². The van der Waals surface area contributed by atoms with Crippen LogP contribution in [0.4, 0.5) is 5.69 Å². The Morgan fingerprint density at radius 3 is 2.29 bits per heavy atom. The minimum Gasteiger partial charge on any atom is -0.497 e. The molecule has 0 radical (unpaired) electrons. The van der Waals surface area contributed by atoms with E-state index in [9.17, 15) is 18.3 Å². The van der Waals surface area contributed by atoms with Gasteiger partial charge in [0.25, 0.3) is 15.9 Å². The first-order valence-electron chi connectivity index (χ1n) is 16.8. The van der Waals surface area contributed by atoms with E-state index in [-0.39, 0.29) is 46.8 Å². The number of benzene rings is 3. The van der Waals surface area contributed by atoms with Gasteiger partial charge < -0.3 is 29.0 Å². The second kappa shape index (κ2) is 17.7. The minimum absolute atomic E-state index is 0.0527. The normalized spacial score (nSPS) is 20.1. The highest BCUT2D eigenvalue weighted by Crippen LogP contribution is 2.30. The van der Waals surface area contributed by atoms with Gasteiger partial charge in [-0.3, -0.25) is 14.4 Å². The number of sulfonamides is 1. The molecule has 1 amide bonds. The van der Waals surface area contributed by atoms with Crippen LogP contribution in [-0.4, -0.2) is 95.1 Å². The van der Waals surface area contributed by atoms with Crippen molar-refractivity contribution in [2.75, 3.05) is 52.3 Å². The van der Waals surface area contributed by atoms with E-state index in [4.69, 9.17) is 18.9 Å². The Balaban J connectivity index is 1.62. The Morgan fingerprint density at radius 2 is 1.65 bits per heavy atom. The van der Waals surface area contributed by atoms with Crippen molar-refractivity contribution in [2.24, 2.45) is 5.92 Å². The van der Waals surface area contributed by atoms with E-state index in [1.807, 2.05) is 31.2 Å². The summed E-state index contributed by atoms with van der Waals surface area (Å²) in [7, 11) is 1.24. The number of aliphatic hydroxyl groups excluding tert-OH is 1. The van der Waals surface area contributed by atoms with Crippen molar-refractivity contribution in [3.05, 3.63) is 77.9 Å². The molecule has 12 heteroatoms. The number of ether oxygens (including phenoxy) is 4. The minimum atomic E-state index is -3.97. The number of rotatable bonds is 11. The molecule has 268 valence electrons. The molecule has 3 aromatic rings. The third-order valence-corrected chi connectivity index (χ3v) is 10.2. The van der Waals surface area contributed by atoms with Crippen LogP contribution >= 0.6 is 0 Å². The molecule has 0 saturated heterocycles. The highest BCUT2D eigenvalue weighted by molar-refractivity contribution is 7.92. The van der Waals surface area contributed by atoms with Crippen LogP contribution in [-0.2, 0) is 21.3 Å². The van der Waals surface area contributed by atoms with Gasteiger partial charge in [-0.15, -0.1) is 0 Å². The molecule has 2 N–H and O–H groups in total. The van der Waals surface area contributed by atoms with Gasteiger partial charge in [-0.1, -0.05) is 19.1 Å². The zero-order valence-corrected chi connectivity index (χ0v) is 30.2. The molecule has 0 spiro atoms. The summed E-state index contributed by atoms with van der Waals surface area (Å²) >= 11 is 0. The molecule has 0 fully saturated rings. The van der Waals surface area contributed by atoms with Crippen molar-refractivity contribution in [1.29, 1.82) is 0 Å². The molecule has 1 aliphatic heterocycles. The second-order valence-electron chi connectivity index (χ2n) is 12.8. The Kier molecular flexibility index (Phi) is 13.7. The molecule has 0 saturated carbocycles. The summed E-state index contributed by atoms with van der Waals surface area (Å²) in [4.78, 5) is 18.3. The van der Waals surface area contributed by atoms with Gasteiger partial charge in [0.15, 0.2) is 0 Å². The molecule has 1 aliphatic rings. The molecule has 0 aliphatic carbocycles. The van der Waals surface area contributed by atoms with Crippen molar-refractivity contribution < 1.29 is 37.3 Å². The summed E-state index contributed by atoms with van der Waals surface area (Å²) in [6.07, 6.45) is 2.08. The maximum atomic E-state index is 14.4. The van der Waals surface area contributed by atoms with Crippen LogP contribution in [0, 0.1) is 5.92 Å². The van der Waals surface area contributed by atoms with Crippen LogP contribution in [0.25, 0.3) is 0 Å². The lowest BCUT2D eigenvalue weighted by Gasteiger charge is -2.36. The number of nitrogens with zero attached hydrogens (tertiary/aromatic N) is 2. The van der Waals surface area contributed by atoms with Gasteiger partial charge in [0.2, 0.25) is 0 Å². The average molecular weight is 698 g/mol. The summed E-state index contributed by atoms with van der Waals surface area (Å²) in [5.41, 5.74) is 1.57. The Hall–Kier alpha value is -3.84.